The Morgan fingerprint density at radius 1 is 1.14 bits per heavy atom. The second-order valence-corrected chi connectivity index (χ2v) is 10.1. The molecule has 42 heavy (non-hydrogen) atoms. The van der Waals surface area contributed by atoms with Gasteiger partial charge in [0.25, 0.3) is 0 Å². The van der Waals surface area contributed by atoms with Gasteiger partial charge >= 0.3 is 6.18 Å². The number of aliphatic hydroxyl groups is 1. The molecule has 2 heterocycles. The first-order chi connectivity index (χ1) is 20.0. The van der Waals surface area contributed by atoms with E-state index in [0.29, 0.717) is 29.7 Å². The highest BCUT2D eigenvalue weighted by Gasteiger charge is 2.28. The first-order valence-corrected chi connectivity index (χ1v) is 13.1. The van der Waals surface area contributed by atoms with Gasteiger partial charge in [0.15, 0.2) is 5.82 Å². The van der Waals surface area contributed by atoms with Crippen molar-refractivity contribution in [1.29, 1.82) is 5.41 Å². The minimum Gasteiger partial charge on any atom is -0.389 e. The average Bonchev–Trinajstić information content (AvgIpc) is 3.10. The number of pyridine rings is 1. The number of hydrogen-bond donors (Lipinski definition) is 4. The molecule has 13 heteroatoms. The minimum atomic E-state index is -4.47. The lowest BCUT2D eigenvalue weighted by Crippen LogP contribution is -2.22. The van der Waals surface area contributed by atoms with Crippen LogP contribution in [0.15, 0.2) is 64.6 Å². The molecule has 0 saturated heterocycles. The number of aliphatic hydroxyl groups excluding tert-OH is 1. The van der Waals surface area contributed by atoms with Crippen LogP contribution in [0.1, 0.15) is 24.6 Å². The van der Waals surface area contributed by atoms with Gasteiger partial charge in [0.2, 0.25) is 5.95 Å². The van der Waals surface area contributed by atoms with Crippen molar-refractivity contribution >= 4 is 53.0 Å². The van der Waals surface area contributed by atoms with Gasteiger partial charge in [0, 0.05) is 38.0 Å². The number of benzene rings is 1. The maximum atomic E-state index is 13.2. The molecular weight excluding hydrogens is 547 g/mol. The van der Waals surface area contributed by atoms with Gasteiger partial charge in [-0.3, -0.25) is 10.4 Å². The summed E-state index contributed by atoms with van der Waals surface area (Å²) in [5.74, 6) is 0.0877. The molecule has 3 aromatic rings. The molecule has 2 unspecified atom stereocenters. The fourth-order valence-corrected chi connectivity index (χ4v) is 4.53. The fraction of sp³-hybridized carbons (Fsp3) is 0.310. The summed E-state index contributed by atoms with van der Waals surface area (Å²) in [6.45, 7) is 0.972. The monoisotopic (exact) mass is 579 g/mol. The Labute approximate surface area is 241 Å². The van der Waals surface area contributed by atoms with E-state index in [0.717, 1.165) is 17.6 Å². The van der Waals surface area contributed by atoms with Crippen LogP contribution < -0.4 is 15.5 Å². The molecule has 0 spiro atoms. The lowest BCUT2D eigenvalue weighted by molar-refractivity contribution is -0.115. The third kappa shape index (κ3) is 7.97. The lowest BCUT2D eigenvalue weighted by atomic mass is 9.85. The third-order valence-electron chi connectivity index (χ3n) is 6.46. The molecule has 0 saturated carbocycles. The van der Waals surface area contributed by atoms with E-state index in [4.69, 9.17) is 5.41 Å². The third-order valence-corrected chi connectivity index (χ3v) is 6.46. The topological polar surface area (TPSA) is 135 Å². The quantitative estimate of drug-likeness (QED) is 0.194. The molecule has 0 aliphatic heterocycles. The van der Waals surface area contributed by atoms with Gasteiger partial charge in [-0.05, 0) is 41.8 Å². The molecule has 2 aromatic heterocycles. The Kier molecular flexibility index (Phi) is 9.31. The second kappa shape index (κ2) is 12.9. The number of fused-ring (bicyclic) bond motifs is 1. The zero-order valence-corrected chi connectivity index (χ0v) is 23.4. The predicted molar refractivity (Wildman–Crippen MR) is 162 cm³/mol. The van der Waals surface area contributed by atoms with Crippen molar-refractivity contribution in [2.24, 2.45) is 15.4 Å². The van der Waals surface area contributed by atoms with Crippen LogP contribution in [-0.2, 0) is 6.54 Å². The number of aliphatic imine (C=N–C) groups is 2. The number of nitrogens with one attached hydrogen (secondary N) is 3. The molecule has 4 N–H and O–H groups in total. The van der Waals surface area contributed by atoms with E-state index < -0.39 is 24.2 Å². The smallest absolute Gasteiger partial charge is 0.389 e. The average molecular weight is 580 g/mol. The van der Waals surface area contributed by atoms with E-state index in [1.165, 1.54) is 6.34 Å². The zero-order chi connectivity index (χ0) is 30.3. The van der Waals surface area contributed by atoms with Crippen LogP contribution in [0, 0.1) is 10.8 Å². The zero-order valence-electron chi connectivity index (χ0n) is 23.4. The SMILES string of the molecule is CN=CC1(C)C=C(c2ccc3nc(NCc4ccc(N(C)C=NC=N)cc4)nc(NCC(F)(F)F)c3n2)C=CC(O)C1. The summed E-state index contributed by atoms with van der Waals surface area (Å²) in [5, 5.41) is 22.8. The van der Waals surface area contributed by atoms with Crippen LogP contribution in [0.3, 0.4) is 0 Å². The van der Waals surface area contributed by atoms with Crippen molar-refractivity contribution in [1.82, 2.24) is 15.0 Å². The van der Waals surface area contributed by atoms with Crippen LogP contribution in [0.5, 0.6) is 0 Å². The summed E-state index contributed by atoms with van der Waals surface area (Å²) in [6, 6.07) is 10.9. The van der Waals surface area contributed by atoms with Gasteiger partial charge in [-0.25, -0.2) is 15.0 Å². The summed E-state index contributed by atoms with van der Waals surface area (Å²) in [6.07, 6.45) is 4.82. The molecule has 0 radical (unpaired) electrons. The maximum absolute atomic E-state index is 13.2. The molecule has 220 valence electrons. The first-order valence-electron chi connectivity index (χ1n) is 13.1. The van der Waals surface area contributed by atoms with Gasteiger partial charge in [0.05, 0.1) is 23.7 Å². The summed E-state index contributed by atoms with van der Waals surface area (Å²) >= 11 is 0. The van der Waals surface area contributed by atoms with Crippen LogP contribution in [0.4, 0.5) is 30.6 Å². The van der Waals surface area contributed by atoms with Gasteiger partial charge in [-0.15, -0.1) is 0 Å². The van der Waals surface area contributed by atoms with Gasteiger partial charge in [-0.2, -0.15) is 18.2 Å². The van der Waals surface area contributed by atoms with E-state index in [-0.39, 0.29) is 17.3 Å². The Bertz CT molecular complexity index is 1530. The Hall–Kier alpha value is -4.65. The number of hydrogen-bond acceptors (Lipinski definition) is 8. The number of nitrogens with zero attached hydrogens (tertiary/aromatic N) is 6. The molecular formula is C29H32F3N9O. The second-order valence-electron chi connectivity index (χ2n) is 10.1. The van der Waals surface area contributed by atoms with Crippen LogP contribution >= 0.6 is 0 Å². The molecule has 4 rings (SSSR count). The van der Waals surface area contributed by atoms with Crippen molar-refractivity contribution < 1.29 is 18.3 Å². The molecule has 2 atom stereocenters. The van der Waals surface area contributed by atoms with E-state index in [2.05, 4.69) is 35.6 Å². The highest BCUT2D eigenvalue weighted by atomic mass is 19.4. The number of allylic oxidation sites excluding steroid dienone is 3. The molecule has 0 bridgehead atoms. The standard InChI is InChI=1S/C29H32F3N9O/c1-28(15-34-2)12-20(6-9-22(42)13-28)23-10-11-24-25(38-23)26(37-16-29(30,31)32)40-27(39-24)36-14-19-4-7-21(8-5-19)41(3)18-35-17-33/h4-12,15,17-18,22,33,42H,13-14,16H2,1-3H3,(H2,36,37,39,40). The fourth-order valence-electron chi connectivity index (χ4n) is 4.53. The lowest BCUT2D eigenvalue weighted by Gasteiger charge is -2.22. The normalized spacial score (nSPS) is 19.2. The summed E-state index contributed by atoms with van der Waals surface area (Å²) in [7, 11) is 3.46. The maximum Gasteiger partial charge on any atom is 0.405 e. The molecule has 0 amide bonds. The van der Waals surface area contributed by atoms with E-state index >= 15 is 0 Å². The molecule has 0 fully saturated rings. The highest BCUT2D eigenvalue weighted by molar-refractivity contribution is 5.89. The summed E-state index contributed by atoms with van der Waals surface area (Å²) in [4.78, 5) is 23.1. The first kappa shape index (κ1) is 30.3. The highest BCUT2D eigenvalue weighted by Crippen LogP contribution is 2.33. The van der Waals surface area contributed by atoms with Gasteiger partial charge < -0.3 is 20.6 Å². The van der Waals surface area contributed by atoms with Crippen LogP contribution in [0.2, 0.25) is 0 Å². The molecule has 1 aliphatic carbocycles. The van der Waals surface area contributed by atoms with Crippen molar-refractivity contribution in [3.63, 3.8) is 0 Å². The number of halogens is 3. The summed E-state index contributed by atoms with van der Waals surface area (Å²) in [5.41, 5.74) is 2.95. The Balaban J connectivity index is 1.64. The number of alkyl halides is 3. The Morgan fingerprint density at radius 2 is 1.90 bits per heavy atom. The van der Waals surface area contributed by atoms with Crippen molar-refractivity contribution in [2.75, 3.05) is 36.2 Å². The van der Waals surface area contributed by atoms with Crippen molar-refractivity contribution in [3.05, 3.63) is 65.9 Å². The molecule has 1 aromatic carbocycles. The van der Waals surface area contributed by atoms with Gasteiger partial charge in [0.1, 0.15) is 18.4 Å². The number of rotatable bonds is 10. The summed E-state index contributed by atoms with van der Waals surface area (Å²) < 4.78 is 39.5. The van der Waals surface area contributed by atoms with Gasteiger partial charge in [-0.1, -0.05) is 37.3 Å². The number of aromatic nitrogens is 3. The van der Waals surface area contributed by atoms with Crippen LogP contribution in [-0.4, -0.2) is 71.9 Å². The van der Waals surface area contributed by atoms with Crippen LogP contribution in [0.25, 0.3) is 16.6 Å². The van der Waals surface area contributed by atoms with Crippen molar-refractivity contribution in [2.45, 2.75) is 32.2 Å². The van der Waals surface area contributed by atoms with E-state index in [1.54, 1.807) is 42.4 Å². The predicted octanol–water partition coefficient (Wildman–Crippen LogP) is 5.09. The number of anilines is 3. The van der Waals surface area contributed by atoms with Crippen molar-refractivity contribution in [3.8, 4) is 0 Å². The minimum absolute atomic E-state index is 0.0553. The molecule has 1 aliphatic rings. The molecule has 10 nitrogen and oxygen atoms in total. The van der Waals surface area contributed by atoms with E-state index in [1.807, 2.05) is 44.3 Å². The Morgan fingerprint density at radius 3 is 2.60 bits per heavy atom. The van der Waals surface area contributed by atoms with E-state index in [9.17, 15) is 18.3 Å². The largest absolute Gasteiger partial charge is 0.405 e.